The van der Waals surface area contributed by atoms with Gasteiger partial charge in [-0.05, 0) is 24.6 Å². The predicted molar refractivity (Wildman–Crippen MR) is 75.0 cm³/mol. The smallest absolute Gasteiger partial charge is 0.129 e. The summed E-state index contributed by atoms with van der Waals surface area (Å²) in [6.07, 6.45) is 0. The van der Waals surface area contributed by atoms with Gasteiger partial charge in [-0.1, -0.05) is 18.3 Å². The fourth-order valence-corrected chi connectivity index (χ4v) is 1.65. The Morgan fingerprint density at radius 2 is 2.00 bits per heavy atom. The molecule has 100 valence electrons. The zero-order chi connectivity index (χ0) is 13.4. The van der Waals surface area contributed by atoms with Gasteiger partial charge in [0.05, 0.1) is 32.5 Å². The van der Waals surface area contributed by atoms with Crippen LogP contribution in [-0.2, 0) is 16.1 Å². The molecule has 0 saturated heterocycles. The normalized spacial score (nSPS) is 10.3. The number of methoxy groups -OCH3 is 1. The minimum atomic E-state index is 0.329. The first-order valence-electron chi connectivity index (χ1n) is 5.81. The highest BCUT2D eigenvalue weighted by atomic mass is 32.1. The van der Waals surface area contributed by atoms with Crippen molar-refractivity contribution in [2.45, 2.75) is 13.5 Å². The molecule has 18 heavy (non-hydrogen) atoms. The van der Waals surface area contributed by atoms with Gasteiger partial charge in [-0.2, -0.15) is 0 Å². The largest absolute Gasteiger partial charge is 0.496 e. The molecule has 1 rings (SSSR count). The zero-order valence-corrected chi connectivity index (χ0v) is 11.6. The summed E-state index contributed by atoms with van der Waals surface area (Å²) in [6.45, 7) is 4.37. The number of hydrogen-bond donors (Lipinski definition) is 1. The second-order valence-electron chi connectivity index (χ2n) is 3.65. The summed E-state index contributed by atoms with van der Waals surface area (Å²) in [7, 11) is 1.59. The third-order valence-corrected chi connectivity index (χ3v) is 2.60. The molecule has 0 unspecified atom stereocenters. The molecule has 1 aromatic carbocycles. The summed E-state index contributed by atoms with van der Waals surface area (Å²) in [4.78, 5) is 0.329. The summed E-state index contributed by atoms with van der Waals surface area (Å²) in [5, 5.41) is 0. The van der Waals surface area contributed by atoms with E-state index in [2.05, 4.69) is 0 Å². The van der Waals surface area contributed by atoms with Gasteiger partial charge in [0.15, 0.2) is 0 Å². The predicted octanol–water partition coefficient (Wildman–Crippen LogP) is 1.88. The van der Waals surface area contributed by atoms with E-state index in [1.807, 2.05) is 25.1 Å². The van der Waals surface area contributed by atoms with Crippen LogP contribution in [0.5, 0.6) is 5.75 Å². The molecule has 0 heterocycles. The monoisotopic (exact) mass is 269 g/mol. The molecular weight excluding hydrogens is 250 g/mol. The van der Waals surface area contributed by atoms with Gasteiger partial charge in [0.1, 0.15) is 10.7 Å². The summed E-state index contributed by atoms with van der Waals surface area (Å²) < 4.78 is 15.9. The van der Waals surface area contributed by atoms with Crippen LogP contribution in [0.1, 0.15) is 18.1 Å². The van der Waals surface area contributed by atoms with Gasteiger partial charge in [0, 0.05) is 6.61 Å². The highest BCUT2D eigenvalue weighted by Crippen LogP contribution is 2.20. The van der Waals surface area contributed by atoms with Crippen molar-refractivity contribution in [1.82, 2.24) is 0 Å². The molecule has 1 aromatic rings. The Hall–Kier alpha value is -1.17. The minimum absolute atomic E-state index is 0.329. The first kappa shape index (κ1) is 14.9. The van der Waals surface area contributed by atoms with Gasteiger partial charge < -0.3 is 19.9 Å². The molecule has 0 saturated carbocycles. The molecule has 0 aromatic heterocycles. The molecule has 0 amide bonds. The molecular formula is C13H19NO3S. The number of ether oxygens (including phenoxy) is 3. The van der Waals surface area contributed by atoms with E-state index in [1.54, 1.807) is 7.11 Å². The third-order valence-electron chi connectivity index (χ3n) is 2.38. The standard InChI is InChI=1S/C13H19NO3S/c1-3-16-6-7-17-9-10-4-5-11(13(14)18)12(8-10)15-2/h4-5,8H,3,6-7,9H2,1-2H3,(H2,14,18). The summed E-state index contributed by atoms with van der Waals surface area (Å²) in [5.74, 6) is 0.674. The lowest BCUT2D eigenvalue weighted by Gasteiger charge is -2.10. The Kier molecular flexibility index (Phi) is 6.64. The highest BCUT2D eigenvalue weighted by molar-refractivity contribution is 7.80. The van der Waals surface area contributed by atoms with E-state index in [-0.39, 0.29) is 0 Å². The molecule has 2 N–H and O–H groups in total. The number of hydrogen-bond acceptors (Lipinski definition) is 4. The molecule has 0 bridgehead atoms. The molecule has 0 atom stereocenters. The Balaban J connectivity index is 2.54. The summed E-state index contributed by atoms with van der Waals surface area (Å²) in [6, 6.07) is 5.66. The van der Waals surface area contributed by atoms with Crippen molar-refractivity contribution >= 4 is 17.2 Å². The van der Waals surface area contributed by atoms with Crippen molar-refractivity contribution in [1.29, 1.82) is 0 Å². The molecule has 5 heteroatoms. The second-order valence-corrected chi connectivity index (χ2v) is 4.09. The fourth-order valence-electron chi connectivity index (χ4n) is 1.48. The maximum Gasteiger partial charge on any atom is 0.129 e. The van der Waals surface area contributed by atoms with E-state index in [9.17, 15) is 0 Å². The van der Waals surface area contributed by atoms with Gasteiger partial charge in [0.25, 0.3) is 0 Å². The highest BCUT2D eigenvalue weighted by Gasteiger charge is 2.06. The third kappa shape index (κ3) is 4.60. The fraction of sp³-hybridized carbons (Fsp3) is 0.462. The van der Waals surface area contributed by atoms with Gasteiger partial charge in [-0.15, -0.1) is 0 Å². The molecule has 0 aliphatic carbocycles. The Bertz CT molecular complexity index is 396. The molecule has 0 aliphatic rings. The lowest BCUT2D eigenvalue weighted by Crippen LogP contribution is -2.11. The van der Waals surface area contributed by atoms with E-state index < -0.39 is 0 Å². The van der Waals surface area contributed by atoms with Gasteiger partial charge in [-0.25, -0.2) is 0 Å². The maximum atomic E-state index is 5.60. The van der Waals surface area contributed by atoms with Crippen LogP contribution in [0, 0.1) is 0 Å². The van der Waals surface area contributed by atoms with Crippen molar-refractivity contribution < 1.29 is 14.2 Å². The number of nitrogens with two attached hydrogens (primary N) is 1. The maximum absolute atomic E-state index is 5.60. The Morgan fingerprint density at radius 3 is 2.61 bits per heavy atom. The second kappa shape index (κ2) is 8.02. The molecule has 0 radical (unpaired) electrons. The van der Waals surface area contributed by atoms with Gasteiger partial charge in [-0.3, -0.25) is 0 Å². The first-order valence-corrected chi connectivity index (χ1v) is 6.22. The van der Waals surface area contributed by atoms with Crippen molar-refractivity contribution in [3.05, 3.63) is 29.3 Å². The van der Waals surface area contributed by atoms with Gasteiger partial charge in [0.2, 0.25) is 0 Å². The van der Waals surface area contributed by atoms with E-state index >= 15 is 0 Å². The topological polar surface area (TPSA) is 53.7 Å². The van der Waals surface area contributed by atoms with E-state index in [0.717, 1.165) is 11.1 Å². The van der Waals surface area contributed by atoms with Crippen molar-refractivity contribution in [2.24, 2.45) is 5.73 Å². The lowest BCUT2D eigenvalue weighted by molar-refractivity contribution is 0.0452. The van der Waals surface area contributed by atoms with Crippen LogP contribution in [0.25, 0.3) is 0 Å². The van der Waals surface area contributed by atoms with Crippen LogP contribution in [0.2, 0.25) is 0 Å². The number of benzene rings is 1. The Labute approximate surface area is 113 Å². The van der Waals surface area contributed by atoms with Gasteiger partial charge >= 0.3 is 0 Å². The van der Waals surface area contributed by atoms with E-state index in [1.165, 1.54) is 0 Å². The van der Waals surface area contributed by atoms with Crippen LogP contribution >= 0.6 is 12.2 Å². The van der Waals surface area contributed by atoms with E-state index in [4.69, 9.17) is 32.2 Å². The SMILES string of the molecule is CCOCCOCc1ccc(C(N)=S)c(OC)c1. The summed E-state index contributed by atoms with van der Waals surface area (Å²) >= 11 is 4.94. The number of rotatable bonds is 8. The lowest BCUT2D eigenvalue weighted by atomic mass is 10.1. The van der Waals surface area contributed by atoms with E-state index in [0.29, 0.717) is 37.2 Å². The minimum Gasteiger partial charge on any atom is -0.496 e. The van der Waals surface area contributed by atoms with Crippen LogP contribution in [0.15, 0.2) is 18.2 Å². The van der Waals surface area contributed by atoms with Crippen LogP contribution in [0.3, 0.4) is 0 Å². The average molecular weight is 269 g/mol. The molecule has 0 spiro atoms. The average Bonchev–Trinajstić information content (AvgIpc) is 2.38. The van der Waals surface area contributed by atoms with Crippen molar-refractivity contribution in [3.8, 4) is 5.75 Å². The summed E-state index contributed by atoms with van der Waals surface area (Å²) in [5.41, 5.74) is 7.36. The van der Waals surface area contributed by atoms with Crippen LogP contribution in [-0.4, -0.2) is 31.9 Å². The Morgan fingerprint density at radius 1 is 1.28 bits per heavy atom. The van der Waals surface area contributed by atoms with Crippen LogP contribution < -0.4 is 10.5 Å². The van der Waals surface area contributed by atoms with Crippen LogP contribution in [0.4, 0.5) is 0 Å². The molecule has 4 nitrogen and oxygen atoms in total. The van der Waals surface area contributed by atoms with Crippen molar-refractivity contribution in [3.63, 3.8) is 0 Å². The molecule has 0 aliphatic heterocycles. The molecule has 0 fully saturated rings. The quantitative estimate of drug-likeness (QED) is 0.577. The first-order chi connectivity index (χ1) is 8.69. The zero-order valence-electron chi connectivity index (χ0n) is 10.8. The number of thiocarbonyl (C=S) groups is 1. The van der Waals surface area contributed by atoms with Crippen molar-refractivity contribution in [2.75, 3.05) is 26.9 Å².